The fourth-order valence-electron chi connectivity index (χ4n) is 3.47. The highest BCUT2D eigenvalue weighted by Gasteiger charge is 2.31. The Balaban J connectivity index is 1.91. The Kier molecular flexibility index (Phi) is 9.48. The number of carbonyl (C=O) groups excluding carboxylic acids is 2. The quantitative estimate of drug-likeness (QED) is 0.370. The minimum absolute atomic E-state index is 0.0857. The molecular formula is C26H25BrClFN2O3. The second-order valence-electron chi connectivity index (χ2n) is 7.58. The standard InChI is InChI=1S/C26H25BrClFN2O3/c1-2-30-26(33)23(14-18-8-4-3-5-9-18)31(16-19-10-6-7-11-22(19)29)25(32)17-34-24-13-12-20(27)15-21(24)28/h3-13,15,23H,2,14,16-17H2,1H3,(H,30,33)/t23-/m1/s1. The smallest absolute Gasteiger partial charge is 0.261 e. The van der Waals surface area contributed by atoms with Gasteiger partial charge in [0.15, 0.2) is 6.61 Å². The Labute approximate surface area is 212 Å². The number of nitrogens with zero attached hydrogens (tertiary/aromatic N) is 1. The zero-order valence-electron chi connectivity index (χ0n) is 18.6. The van der Waals surface area contributed by atoms with E-state index in [0.29, 0.717) is 22.9 Å². The van der Waals surface area contributed by atoms with Crippen molar-refractivity contribution in [2.24, 2.45) is 0 Å². The predicted molar refractivity (Wildman–Crippen MR) is 134 cm³/mol. The molecule has 178 valence electrons. The molecule has 3 aromatic rings. The van der Waals surface area contributed by atoms with Gasteiger partial charge in [-0.2, -0.15) is 0 Å². The molecule has 0 bridgehead atoms. The number of halogens is 3. The van der Waals surface area contributed by atoms with Crippen molar-refractivity contribution in [2.75, 3.05) is 13.2 Å². The van der Waals surface area contributed by atoms with Crippen LogP contribution < -0.4 is 10.1 Å². The molecule has 1 atom stereocenters. The molecule has 34 heavy (non-hydrogen) atoms. The summed E-state index contributed by atoms with van der Waals surface area (Å²) >= 11 is 9.54. The zero-order chi connectivity index (χ0) is 24.5. The summed E-state index contributed by atoms with van der Waals surface area (Å²) in [4.78, 5) is 27.8. The summed E-state index contributed by atoms with van der Waals surface area (Å²) in [6.07, 6.45) is 0.270. The maximum absolute atomic E-state index is 14.5. The third kappa shape index (κ3) is 7.05. The number of hydrogen-bond donors (Lipinski definition) is 1. The predicted octanol–water partition coefficient (Wildman–Crippen LogP) is 5.40. The van der Waals surface area contributed by atoms with Crippen LogP contribution in [-0.2, 0) is 22.6 Å². The molecule has 0 unspecified atom stereocenters. The van der Waals surface area contributed by atoms with Gasteiger partial charge in [0.25, 0.3) is 5.91 Å². The van der Waals surface area contributed by atoms with Crippen molar-refractivity contribution < 1.29 is 18.7 Å². The number of benzene rings is 3. The second-order valence-corrected chi connectivity index (χ2v) is 8.90. The van der Waals surface area contributed by atoms with Gasteiger partial charge in [-0.05, 0) is 36.8 Å². The third-order valence-electron chi connectivity index (χ3n) is 5.17. The van der Waals surface area contributed by atoms with Gasteiger partial charge >= 0.3 is 0 Å². The summed E-state index contributed by atoms with van der Waals surface area (Å²) in [6, 6.07) is 19.8. The Hall–Kier alpha value is -2.90. The third-order valence-corrected chi connectivity index (χ3v) is 5.95. The van der Waals surface area contributed by atoms with Crippen LogP contribution in [0, 0.1) is 5.82 Å². The van der Waals surface area contributed by atoms with Crippen molar-refractivity contribution in [3.05, 3.63) is 99.2 Å². The summed E-state index contributed by atoms with van der Waals surface area (Å²) in [7, 11) is 0. The summed E-state index contributed by atoms with van der Waals surface area (Å²) in [5, 5.41) is 3.14. The molecule has 3 rings (SSSR count). The van der Waals surface area contributed by atoms with Gasteiger partial charge in [0.2, 0.25) is 5.91 Å². The minimum Gasteiger partial charge on any atom is -0.482 e. The molecule has 3 aromatic carbocycles. The molecule has 0 radical (unpaired) electrons. The molecule has 8 heteroatoms. The average Bonchev–Trinajstić information content (AvgIpc) is 2.82. The van der Waals surface area contributed by atoms with E-state index in [2.05, 4.69) is 21.2 Å². The summed E-state index contributed by atoms with van der Waals surface area (Å²) < 4.78 is 21.0. The first kappa shape index (κ1) is 25.7. The number of likely N-dealkylation sites (N-methyl/N-ethyl adjacent to an activating group) is 1. The largest absolute Gasteiger partial charge is 0.482 e. The van der Waals surface area contributed by atoms with E-state index in [1.54, 1.807) is 43.3 Å². The van der Waals surface area contributed by atoms with E-state index in [1.807, 2.05) is 30.3 Å². The van der Waals surface area contributed by atoms with Crippen molar-refractivity contribution >= 4 is 39.3 Å². The zero-order valence-corrected chi connectivity index (χ0v) is 21.0. The lowest BCUT2D eigenvalue weighted by Gasteiger charge is -2.31. The summed E-state index contributed by atoms with van der Waals surface area (Å²) in [5.74, 6) is -0.902. The molecule has 0 aliphatic carbocycles. The second kappa shape index (κ2) is 12.5. The van der Waals surface area contributed by atoms with Crippen LogP contribution in [0.4, 0.5) is 4.39 Å². The molecule has 0 aromatic heterocycles. The van der Waals surface area contributed by atoms with Crippen molar-refractivity contribution in [1.29, 1.82) is 0 Å². The van der Waals surface area contributed by atoms with Crippen LogP contribution in [0.3, 0.4) is 0 Å². The van der Waals surface area contributed by atoms with Gasteiger partial charge in [-0.3, -0.25) is 9.59 Å². The lowest BCUT2D eigenvalue weighted by molar-refractivity contribution is -0.142. The normalized spacial score (nSPS) is 11.5. The number of amides is 2. The number of ether oxygens (including phenoxy) is 1. The lowest BCUT2D eigenvalue weighted by atomic mass is 10.0. The number of carbonyl (C=O) groups is 2. The van der Waals surface area contributed by atoms with Crippen LogP contribution in [0.1, 0.15) is 18.1 Å². The lowest BCUT2D eigenvalue weighted by Crippen LogP contribution is -2.51. The van der Waals surface area contributed by atoms with Gasteiger partial charge in [0.05, 0.1) is 5.02 Å². The Morgan fingerprint density at radius 3 is 2.47 bits per heavy atom. The molecule has 0 heterocycles. The fraction of sp³-hybridized carbons (Fsp3) is 0.231. The van der Waals surface area contributed by atoms with Gasteiger partial charge in [0.1, 0.15) is 17.6 Å². The van der Waals surface area contributed by atoms with Crippen LogP contribution in [-0.4, -0.2) is 35.9 Å². The van der Waals surface area contributed by atoms with Crippen LogP contribution >= 0.6 is 27.5 Å². The fourth-order valence-corrected chi connectivity index (χ4v) is 4.20. The van der Waals surface area contributed by atoms with Crippen molar-refractivity contribution in [2.45, 2.75) is 25.9 Å². The Morgan fingerprint density at radius 2 is 1.79 bits per heavy atom. The minimum atomic E-state index is -0.863. The molecule has 5 nitrogen and oxygen atoms in total. The van der Waals surface area contributed by atoms with Crippen molar-refractivity contribution in [3.63, 3.8) is 0 Å². The van der Waals surface area contributed by atoms with E-state index >= 15 is 0 Å². The van der Waals surface area contributed by atoms with Crippen molar-refractivity contribution in [3.8, 4) is 5.75 Å². The van der Waals surface area contributed by atoms with E-state index in [1.165, 1.54) is 11.0 Å². The number of hydrogen-bond acceptors (Lipinski definition) is 3. The first-order chi connectivity index (χ1) is 16.4. The first-order valence-corrected chi connectivity index (χ1v) is 12.0. The van der Waals surface area contributed by atoms with E-state index in [9.17, 15) is 14.0 Å². The maximum Gasteiger partial charge on any atom is 0.261 e. The molecular weight excluding hydrogens is 523 g/mol. The molecule has 0 saturated heterocycles. The topological polar surface area (TPSA) is 58.6 Å². The summed E-state index contributed by atoms with van der Waals surface area (Å²) in [5.41, 5.74) is 1.18. The van der Waals surface area contributed by atoms with Gasteiger partial charge in [-0.1, -0.05) is 76.1 Å². The molecule has 1 N–H and O–H groups in total. The van der Waals surface area contributed by atoms with E-state index in [0.717, 1.165) is 10.0 Å². The number of nitrogens with one attached hydrogen (secondary N) is 1. The molecule has 0 saturated carbocycles. The van der Waals surface area contributed by atoms with Gasteiger partial charge in [-0.25, -0.2) is 4.39 Å². The Bertz CT molecular complexity index is 1130. The first-order valence-electron chi connectivity index (χ1n) is 10.8. The SMILES string of the molecule is CCNC(=O)[C@@H](Cc1ccccc1)N(Cc1ccccc1F)C(=O)COc1ccc(Br)cc1Cl. The molecule has 0 aliphatic rings. The van der Waals surface area contributed by atoms with Gasteiger partial charge < -0.3 is 15.0 Å². The van der Waals surface area contributed by atoms with Crippen LogP contribution in [0.2, 0.25) is 5.02 Å². The van der Waals surface area contributed by atoms with Crippen LogP contribution in [0.15, 0.2) is 77.3 Å². The number of rotatable bonds is 10. The Morgan fingerprint density at radius 1 is 1.09 bits per heavy atom. The van der Waals surface area contributed by atoms with Crippen LogP contribution in [0.25, 0.3) is 0 Å². The molecule has 0 aliphatic heterocycles. The monoisotopic (exact) mass is 546 g/mol. The summed E-state index contributed by atoms with van der Waals surface area (Å²) in [6.45, 7) is 1.76. The maximum atomic E-state index is 14.5. The highest BCUT2D eigenvalue weighted by atomic mass is 79.9. The molecule has 0 spiro atoms. The van der Waals surface area contributed by atoms with Gasteiger partial charge in [0, 0.05) is 29.5 Å². The average molecular weight is 548 g/mol. The highest BCUT2D eigenvalue weighted by molar-refractivity contribution is 9.10. The van der Waals surface area contributed by atoms with Crippen molar-refractivity contribution in [1.82, 2.24) is 10.2 Å². The highest BCUT2D eigenvalue weighted by Crippen LogP contribution is 2.28. The van der Waals surface area contributed by atoms with Gasteiger partial charge in [-0.15, -0.1) is 0 Å². The molecule has 0 fully saturated rings. The van der Waals surface area contributed by atoms with E-state index < -0.39 is 17.8 Å². The molecule has 2 amide bonds. The van der Waals surface area contributed by atoms with E-state index in [4.69, 9.17) is 16.3 Å². The van der Waals surface area contributed by atoms with Crippen LogP contribution in [0.5, 0.6) is 5.75 Å². The van der Waals surface area contributed by atoms with E-state index in [-0.39, 0.29) is 25.5 Å².